The van der Waals surface area contributed by atoms with Crippen LogP contribution in [-0.2, 0) is 10.0 Å². The van der Waals surface area contributed by atoms with Crippen molar-refractivity contribution in [1.29, 1.82) is 0 Å². The number of hydrogen-bond acceptors (Lipinski definition) is 5. The van der Waals surface area contributed by atoms with Gasteiger partial charge in [-0.1, -0.05) is 29.8 Å². The van der Waals surface area contributed by atoms with Crippen LogP contribution in [-0.4, -0.2) is 64.7 Å². The molecule has 2 heterocycles. The molecule has 1 aromatic heterocycles. The summed E-state index contributed by atoms with van der Waals surface area (Å²) in [5, 5.41) is 8.81. The largest absolute Gasteiger partial charge is 0.335 e. The van der Waals surface area contributed by atoms with Crippen LogP contribution in [0.2, 0.25) is 0 Å². The molecule has 1 fully saturated rings. The fraction of sp³-hybridized carbons (Fsp3) is 0.318. The van der Waals surface area contributed by atoms with Gasteiger partial charge in [0.05, 0.1) is 11.4 Å². The molecule has 4 rings (SSSR count). The number of carbonyl (C=O) groups excluding carboxylic acids is 1. The van der Waals surface area contributed by atoms with Crippen molar-refractivity contribution in [3.63, 3.8) is 0 Å². The van der Waals surface area contributed by atoms with Crippen LogP contribution in [0.1, 0.15) is 27.3 Å². The normalized spacial score (nSPS) is 15.2. The summed E-state index contributed by atoms with van der Waals surface area (Å²) in [6.45, 7) is 6.19. The lowest BCUT2D eigenvalue weighted by atomic mass is 10.1. The summed E-state index contributed by atoms with van der Waals surface area (Å²) in [6.07, 6.45) is 0. The molecule has 8 nitrogen and oxygen atoms in total. The van der Waals surface area contributed by atoms with Crippen LogP contribution in [0.4, 0.5) is 4.39 Å². The number of nitrogens with zero attached hydrogens (tertiary/aromatic N) is 5. The van der Waals surface area contributed by atoms with Crippen molar-refractivity contribution in [2.24, 2.45) is 0 Å². The Balaban J connectivity index is 1.50. The van der Waals surface area contributed by atoms with E-state index in [2.05, 4.69) is 10.2 Å². The Bertz CT molecular complexity index is 1280. The number of amides is 1. The third-order valence-corrected chi connectivity index (χ3v) is 7.46. The molecule has 1 aliphatic rings. The van der Waals surface area contributed by atoms with E-state index in [1.165, 1.54) is 27.3 Å². The average molecular weight is 458 g/mol. The summed E-state index contributed by atoms with van der Waals surface area (Å²) in [7, 11) is -3.97. The molecular formula is C22H24FN5O3S. The number of halogens is 1. The fourth-order valence-electron chi connectivity index (χ4n) is 3.79. The van der Waals surface area contributed by atoms with Crippen molar-refractivity contribution in [1.82, 2.24) is 24.2 Å². The Morgan fingerprint density at radius 3 is 2.31 bits per heavy atom. The SMILES string of the molecule is Cc1ccc(-n2nc(C)c(C(=O)N3CCN(S(=O)(=O)c4ccccc4F)CC3)n2)c(C)c1. The zero-order valence-electron chi connectivity index (χ0n) is 18.1. The predicted molar refractivity (Wildman–Crippen MR) is 117 cm³/mol. The summed E-state index contributed by atoms with van der Waals surface area (Å²) in [5.41, 5.74) is 3.63. The van der Waals surface area contributed by atoms with Crippen molar-refractivity contribution in [3.8, 4) is 5.69 Å². The molecule has 0 N–H and O–H groups in total. The standard InChI is InChI=1S/C22H24FN5O3S/c1-15-8-9-19(16(2)14-15)28-24-17(3)21(25-28)22(29)26-10-12-27(13-11-26)32(30,31)20-7-5-4-6-18(20)23/h4-9,14H,10-13H2,1-3H3. The highest BCUT2D eigenvalue weighted by atomic mass is 32.2. The number of carbonyl (C=O) groups is 1. The van der Waals surface area contributed by atoms with E-state index < -0.39 is 15.8 Å². The van der Waals surface area contributed by atoms with E-state index in [-0.39, 0.29) is 42.7 Å². The number of sulfonamides is 1. The zero-order valence-corrected chi connectivity index (χ0v) is 18.9. The molecule has 0 aliphatic carbocycles. The van der Waals surface area contributed by atoms with Gasteiger partial charge in [-0.3, -0.25) is 4.79 Å². The van der Waals surface area contributed by atoms with Gasteiger partial charge in [-0.05, 0) is 44.5 Å². The maximum absolute atomic E-state index is 14.0. The second-order valence-electron chi connectivity index (χ2n) is 7.84. The van der Waals surface area contributed by atoms with Gasteiger partial charge in [0.2, 0.25) is 10.0 Å². The molecular weight excluding hydrogens is 433 g/mol. The number of rotatable bonds is 4. The summed E-state index contributed by atoms with van der Waals surface area (Å²) in [4.78, 5) is 15.7. The molecule has 0 saturated carbocycles. The van der Waals surface area contributed by atoms with Gasteiger partial charge in [0, 0.05) is 26.2 Å². The summed E-state index contributed by atoms with van der Waals surface area (Å²) < 4.78 is 40.8. The Morgan fingerprint density at radius 1 is 0.969 bits per heavy atom. The van der Waals surface area contributed by atoms with E-state index >= 15 is 0 Å². The molecule has 1 amide bonds. The molecule has 1 aliphatic heterocycles. The lowest BCUT2D eigenvalue weighted by Crippen LogP contribution is -2.50. The Morgan fingerprint density at radius 2 is 1.66 bits per heavy atom. The Hall–Kier alpha value is -3.11. The minimum absolute atomic E-state index is 0.0761. The van der Waals surface area contributed by atoms with Crippen LogP contribution in [0.3, 0.4) is 0 Å². The van der Waals surface area contributed by atoms with Gasteiger partial charge in [0.1, 0.15) is 10.7 Å². The third kappa shape index (κ3) is 4.03. The minimum atomic E-state index is -3.97. The molecule has 0 bridgehead atoms. The maximum Gasteiger partial charge on any atom is 0.276 e. The first kappa shape index (κ1) is 22.1. The molecule has 10 heteroatoms. The number of hydrogen-bond donors (Lipinski definition) is 0. The molecule has 168 valence electrons. The maximum atomic E-state index is 14.0. The molecule has 0 unspecified atom stereocenters. The number of piperazine rings is 1. The van der Waals surface area contributed by atoms with Gasteiger partial charge in [-0.2, -0.15) is 14.2 Å². The molecule has 32 heavy (non-hydrogen) atoms. The molecule has 2 aromatic carbocycles. The summed E-state index contributed by atoms with van der Waals surface area (Å²) >= 11 is 0. The van der Waals surface area contributed by atoms with Crippen LogP contribution in [0, 0.1) is 26.6 Å². The van der Waals surface area contributed by atoms with Crippen molar-refractivity contribution >= 4 is 15.9 Å². The van der Waals surface area contributed by atoms with Gasteiger partial charge in [0.25, 0.3) is 5.91 Å². The van der Waals surface area contributed by atoms with Crippen molar-refractivity contribution in [3.05, 3.63) is 70.8 Å². The first-order valence-corrected chi connectivity index (χ1v) is 11.7. The number of benzene rings is 2. The minimum Gasteiger partial charge on any atom is -0.335 e. The van der Waals surface area contributed by atoms with Crippen LogP contribution in [0.5, 0.6) is 0 Å². The molecule has 0 spiro atoms. The van der Waals surface area contributed by atoms with Crippen molar-refractivity contribution < 1.29 is 17.6 Å². The van der Waals surface area contributed by atoms with Crippen LogP contribution in [0.15, 0.2) is 47.4 Å². The second kappa shape index (κ2) is 8.44. The molecule has 0 atom stereocenters. The first-order chi connectivity index (χ1) is 15.2. The quantitative estimate of drug-likeness (QED) is 0.601. The smallest absolute Gasteiger partial charge is 0.276 e. The highest BCUT2D eigenvalue weighted by Gasteiger charge is 2.33. The van der Waals surface area contributed by atoms with E-state index in [0.29, 0.717) is 5.69 Å². The molecule has 1 saturated heterocycles. The average Bonchev–Trinajstić information content (AvgIpc) is 3.14. The van der Waals surface area contributed by atoms with Crippen LogP contribution in [0.25, 0.3) is 5.69 Å². The highest BCUT2D eigenvalue weighted by Crippen LogP contribution is 2.21. The van der Waals surface area contributed by atoms with Gasteiger partial charge >= 0.3 is 0 Å². The third-order valence-electron chi connectivity index (χ3n) is 5.53. The van der Waals surface area contributed by atoms with E-state index in [0.717, 1.165) is 22.9 Å². The van der Waals surface area contributed by atoms with Gasteiger partial charge in [-0.15, -0.1) is 5.10 Å². The van der Waals surface area contributed by atoms with E-state index in [4.69, 9.17) is 0 Å². The van der Waals surface area contributed by atoms with E-state index in [1.54, 1.807) is 11.8 Å². The zero-order chi connectivity index (χ0) is 23.0. The molecule has 3 aromatic rings. The van der Waals surface area contributed by atoms with Crippen LogP contribution < -0.4 is 0 Å². The van der Waals surface area contributed by atoms with Gasteiger partial charge in [0.15, 0.2) is 5.69 Å². The second-order valence-corrected chi connectivity index (χ2v) is 9.75. The highest BCUT2D eigenvalue weighted by molar-refractivity contribution is 7.89. The van der Waals surface area contributed by atoms with Gasteiger partial charge in [-0.25, -0.2) is 12.8 Å². The van der Waals surface area contributed by atoms with Crippen molar-refractivity contribution in [2.45, 2.75) is 25.7 Å². The monoisotopic (exact) mass is 457 g/mol. The lowest BCUT2D eigenvalue weighted by Gasteiger charge is -2.33. The van der Waals surface area contributed by atoms with Gasteiger partial charge < -0.3 is 4.90 Å². The van der Waals surface area contributed by atoms with Crippen LogP contribution >= 0.6 is 0 Å². The molecule has 0 radical (unpaired) electrons. The Kier molecular flexibility index (Phi) is 5.83. The Labute approximate surface area is 186 Å². The van der Waals surface area contributed by atoms with E-state index in [1.807, 2.05) is 32.0 Å². The predicted octanol–water partition coefficient (Wildman–Crippen LogP) is 2.48. The van der Waals surface area contributed by atoms with Crippen molar-refractivity contribution in [2.75, 3.05) is 26.2 Å². The number of aromatic nitrogens is 3. The first-order valence-electron chi connectivity index (χ1n) is 10.2. The summed E-state index contributed by atoms with van der Waals surface area (Å²) in [5.74, 6) is -1.09. The lowest BCUT2D eigenvalue weighted by molar-refractivity contribution is 0.0690. The fourth-order valence-corrected chi connectivity index (χ4v) is 5.28. The van der Waals surface area contributed by atoms with E-state index in [9.17, 15) is 17.6 Å². The topological polar surface area (TPSA) is 88.4 Å². The number of aryl methyl sites for hydroxylation is 3. The summed E-state index contributed by atoms with van der Waals surface area (Å²) in [6, 6.07) is 11.2.